The van der Waals surface area contributed by atoms with Crippen LogP contribution in [0, 0.1) is 17.3 Å². The Morgan fingerprint density at radius 3 is 3.30 bits per heavy atom. The molecule has 2 bridgehead atoms. The Morgan fingerprint density at radius 1 is 1.90 bits per heavy atom. The summed E-state index contributed by atoms with van der Waals surface area (Å²) in [6.07, 6.45) is 0.852. The van der Waals surface area contributed by atoms with Crippen molar-refractivity contribution < 1.29 is 5.48 Å². The van der Waals surface area contributed by atoms with Gasteiger partial charge in [-0.15, -0.1) is 0 Å². The van der Waals surface area contributed by atoms with Crippen molar-refractivity contribution in [2.75, 3.05) is 0 Å². The minimum absolute atomic E-state index is 0.0235. The molecule has 1 fully saturated rings. The SMILES string of the molecule is [2H]C([2H])=C1C([2H])=C([2H])[C@@H]2C[C@H]1C2(C)C. The molecule has 3 rings (SSSR count). The molecule has 54 valence electrons. The van der Waals surface area contributed by atoms with E-state index in [1.807, 2.05) is 0 Å². The molecule has 0 unspecified atom stereocenters. The minimum atomic E-state index is -0.282. The van der Waals surface area contributed by atoms with Crippen molar-refractivity contribution in [1.29, 1.82) is 0 Å². The molecule has 0 amide bonds. The number of hydrogen-bond acceptors (Lipinski definition) is 0. The second kappa shape index (κ2) is 1.55. The van der Waals surface area contributed by atoms with Crippen LogP contribution in [0.2, 0.25) is 0 Å². The highest BCUT2D eigenvalue weighted by molar-refractivity contribution is 5.32. The number of allylic oxidation sites excluding steroid dienone is 3. The molecule has 0 aromatic rings. The average Bonchev–Trinajstić information content (AvgIpc) is 2.07. The summed E-state index contributed by atoms with van der Waals surface area (Å²) >= 11 is 0. The van der Waals surface area contributed by atoms with Crippen LogP contribution in [-0.2, 0) is 0 Å². The lowest BCUT2D eigenvalue weighted by atomic mass is 9.50. The van der Waals surface area contributed by atoms with Gasteiger partial charge in [0, 0.05) is 0 Å². The van der Waals surface area contributed by atoms with Crippen molar-refractivity contribution in [2.24, 2.45) is 17.3 Å². The molecule has 0 spiro atoms. The van der Waals surface area contributed by atoms with E-state index in [2.05, 4.69) is 13.8 Å². The monoisotopic (exact) mass is 138 g/mol. The lowest BCUT2D eigenvalue weighted by molar-refractivity contribution is 0.0335. The quantitative estimate of drug-likeness (QED) is 0.483. The van der Waals surface area contributed by atoms with E-state index in [1.54, 1.807) is 0 Å². The van der Waals surface area contributed by atoms with Crippen molar-refractivity contribution in [1.82, 2.24) is 0 Å². The van der Waals surface area contributed by atoms with Crippen LogP contribution in [0.4, 0.5) is 0 Å². The van der Waals surface area contributed by atoms with Crippen LogP contribution in [-0.4, -0.2) is 0 Å². The lowest BCUT2D eigenvalue weighted by Crippen LogP contribution is -2.46. The maximum Gasteiger partial charge on any atom is 0.0622 e. The minimum Gasteiger partial charge on any atom is -0.0955 e. The highest BCUT2D eigenvalue weighted by Gasteiger charge is 2.49. The molecule has 10 heavy (non-hydrogen) atoms. The Hall–Kier alpha value is -0.520. The normalized spacial score (nSPS) is 48.4. The molecular weight excluding hydrogens is 120 g/mol. The summed E-state index contributed by atoms with van der Waals surface area (Å²) in [6.45, 7) is 3.85. The number of hydrogen-bond donors (Lipinski definition) is 0. The fraction of sp³-hybridized carbons (Fsp3) is 0.600. The van der Waals surface area contributed by atoms with Gasteiger partial charge in [-0.05, 0) is 23.7 Å². The first-order chi connectivity index (χ1) is 6.37. The van der Waals surface area contributed by atoms with Gasteiger partial charge >= 0.3 is 0 Å². The molecule has 3 aliphatic rings. The van der Waals surface area contributed by atoms with Crippen LogP contribution in [0.15, 0.2) is 24.2 Å². The summed E-state index contributed by atoms with van der Waals surface area (Å²) in [5.74, 6) is 0.321. The van der Waals surface area contributed by atoms with Crippen LogP contribution in [0.5, 0.6) is 0 Å². The van der Waals surface area contributed by atoms with Gasteiger partial charge in [-0.25, -0.2) is 0 Å². The van der Waals surface area contributed by atoms with Gasteiger partial charge < -0.3 is 0 Å². The molecule has 1 saturated carbocycles. The van der Waals surface area contributed by atoms with Crippen molar-refractivity contribution >= 4 is 0 Å². The summed E-state index contributed by atoms with van der Waals surface area (Å²) in [7, 11) is 0. The van der Waals surface area contributed by atoms with Crippen LogP contribution in [0.25, 0.3) is 0 Å². The summed E-state index contributed by atoms with van der Waals surface area (Å²) in [6, 6.07) is 0.454. The van der Waals surface area contributed by atoms with E-state index < -0.39 is 0 Å². The maximum atomic E-state index is 7.79. The zero-order valence-electron chi connectivity index (χ0n) is 10.4. The highest BCUT2D eigenvalue weighted by atomic mass is 14.5. The molecule has 0 N–H and O–H groups in total. The Labute approximate surface area is 68.3 Å². The second-order valence-corrected chi connectivity index (χ2v) is 3.85. The van der Waals surface area contributed by atoms with Crippen molar-refractivity contribution in [3.8, 4) is 0 Å². The largest absolute Gasteiger partial charge is 0.0955 e. The standard InChI is InChI=1S/C10H14/c1-7-4-5-8-6-9(7)10(8,2)3/h4-5,8-9H,1,6H2,2-3H3/t8-,9-/m1/s1/i1D2,4D,5D. The second-order valence-electron chi connectivity index (χ2n) is 3.85. The predicted octanol–water partition coefficient (Wildman–Crippen LogP) is 2.77. The van der Waals surface area contributed by atoms with E-state index in [1.165, 1.54) is 0 Å². The first kappa shape index (κ1) is 3.25. The smallest absolute Gasteiger partial charge is 0.0622 e. The summed E-state index contributed by atoms with van der Waals surface area (Å²) < 4.78 is 30.2. The van der Waals surface area contributed by atoms with E-state index in [0.29, 0.717) is 11.6 Å². The molecule has 0 saturated heterocycles. The zero-order valence-corrected chi connectivity index (χ0v) is 6.36. The van der Waals surface area contributed by atoms with E-state index in [-0.39, 0.29) is 29.8 Å². The third-order valence-electron chi connectivity index (χ3n) is 3.00. The van der Waals surface area contributed by atoms with E-state index in [0.717, 1.165) is 6.42 Å². The van der Waals surface area contributed by atoms with E-state index >= 15 is 0 Å². The van der Waals surface area contributed by atoms with Gasteiger partial charge in [0.2, 0.25) is 0 Å². The Kier molecular flexibility index (Phi) is 0.505. The van der Waals surface area contributed by atoms with Crippen molar-refractivity contribution in [3.05, 3.63) is 24.2 Å². The third kappa shape index (κ3) is 0.524. The molecule has 0 aromatic carbocycles. The highest BCUT2D eigenvalue weighted by Crippen LogP contribution is 2.57. The first-order valence-corrected chi connectivity index (χ1v) is 3.72. The molecule has 0 aliphatic heterocycles. The molecule has 2 atom stereocenters. The molecule has 0 radical (unpaired) electrons. The van der Waals surface area contributed by atoms with Crippen LogP contribution >= 0.6 is 0 Å². The van der Waals surface area contributed by atoms with E-state index in [9.17, 15) is 0 Å². The lowest BCUT2D eigenvalue weighted by Gasteiger charge is -2.54. The van der Waals surface area contributed by atoms with Crippen LogP contribution in [0.1, 0.15) is 25.8 Å². The Morgan fingerprint density at radius 2 is 2.70 bits per heavy atom. The molecule has 3 aliphatic carbocycles. The van der Waals surface area contributed by atoms with Gasteiger partial charge in [-0.3, -0.25) is 0 Å². The van der Waals surface area contributed by atoms with Crippen molar-refractivity contribution in [3.63, 3.8) is 0 Å². The number of fused-ring (bicyclic) bond motifs is 1. The van der Waals surface area contributed by atoms with Gasteiger partial charge in [0.1, 0.15) is 0 Å². The molecule has 0 heteroatoms. The molecule has 0 heterocycles. The summed E-state index contributed by atoms with van der Waals surface area (Å²) in [5, 5.41) is 0. The van der Waals surface area contributed by atoms with Gasteiger partial charge in [0.25, 0.3) is 0 Å². The zero-order chi connectivity index (χ0) is 10.7. The van der Waals surface area contributed by atoms with Crippen LogP contribution < -0.4 is 0 Å². The Balaban J connectivity index is 2.57. The molecular formula is C10H14. The van der Waals surface area contributed by atoms with Gasteiger partial charge in [-0.2, -0.15) is 0 Å². The van der Waals surface area contributed by atoms with Gasteiger partial charge in [-0.1, -0.05) is 38.1 Å². The number of rotatable bonds is 0. The summed E-state index contributed by atoms with van der Waals surface area (Å²) in [4.78, 5) is 0. The van der Waals surface area contributed by atoms with E-state index in [4.69, 9.17) is 5.48 Å². The molecule has 0 aromatic heterocycles. The third-order valence-corrected chi connectivity index (χ3v) is 3.00. The summed E-state index contributed by atoms with van der Waals surface area (Å²) in [5.41, 5.74) is 0.451. The van der Waals surface area contributed by atoms with Gasteiger partial charge in [0.05, 0.1) is 5.48 Å². The molecule has 0 nitrogen and oxygen atoms in total. The van der Waals surface area contributed by atoms with Crippen LogP contribution in [0.3, 0.4) is 0 Å². The maximum absolute atomic E-state index is 7.79. The first-order valence-electron chi connectivity index (χ1n) is 5.72. The fourth-order valence-corrected chi connectivity index (χ4v) is 1.91. The topological polar surface area (TPSA) is 0 Å². The predicted molar refractivity (Wildman–Crippen MR) is 43.7 cm³/mol. The van der Waals surface area contributed by atoms with Crippen molar-refractivity contribution in [2.45, 2.75) is 20.3 Å². The van der Waals surface area contributed by atoms with Gasteiger partial charge in [0.15, 0.2) is 0 Å². The fourth-order valence-electron chi connectivity index (χ4n) is 1.91. The Bertz CT molecular complexity index is 347. The average molecular weight is 138 g/mol.